The van der Waals surface area contributed by atoms with Gasteiger partial charge < -0.3 is 4.90 Å². The van der Waals surface area contributed by atoms with Gasteiger partial charge in [0.15, 0.2) is 0 Å². The second-order valence-electron chi connectivity index (χ2n) is 4.62. The minimum atomic E-state index is 0.513. The van der Waals surface area contributed by atoms with Crippen LogP contribution in [0.3, 0.4) is 0 Å². The van der Waals surface area contributed by atoms with E-state index in [0.29, 0.717) is 12.0 Å². The van der Waals surface area contributed by atoms with Gasteiger partial charge >= 0.3 is 0 Å². The minimum Gasteiger partial charge on any atom is -0.343 e. The standard InChI is InChI=1S/C15H23N/c1-6-13(4)16(14(5)12(2)3)15-10-8-7-9-11-15/h6-12,14H,1-5H3/b13-6-. The molecule has 1 aromatic carbocycles. The zero-order valence-corrected chi connectivity index (χ0v) is 11.1. The van der Waals surface area contributed by atoms with Crippen molar-refractivity contribution in [3.8, 4) is 0 Å². The number of para-hydroxylation sites is 1. The summed E-state index contributed by atoms with van der Waals surface area (Å²) in [6.45, 7) is 11.1. The molecular weight excluding hydrogens is 194 g/mol. The van der Waals surface area contributed by atoms with Crippen LogP contribution in [0.25, 0.3) is 0 Å². The molecule has 1 atom stereocenters. The van der Waals surface area contributed by atoms with Gasteiger partial charge in [-0.3, -0.25) is 0 Å². The maximum Gasteiger partial charge on any atom is 0.0410 e. The highest BCUT2D eigenvalue weighted by atomic mass is 15.2. The van der Waals surface area contributed by atoms with Crippen LogP contribution in [0.5, 0.6) is 0 Å². The van der Waals surface area contributed by atoms with Gasteiger partial charge in [-0.05, 0) is 38.8 Å². The smallest absolute Gasteiger partial charge is 0.0410 e. The van der Waals surface area contributed by atoms with Gasteiger partial charge in [0.25, 0.3) is 0 Å². The van der Waals surface area contributed by atoms with Gasteiger partial charge in [-0.15, -0.1) is 0 Å². The Labute approximate surface area is 99.8 Å². The van der Waals surface area contributed by atoms with E-state index in [4.69, 9.17) is 0 Å². The molecule has 0 aliphatic carbocycles. The summed E-state index contributed by atoms with van der Waals surface area (Å²) in [6, 6.07) is 11.1. The predicted molar refractivity (Wildman–Crippen MR) is 72.7 cm³/mol. The Bertz CT molecular complexity index is 338. The van der Waals surface area contributed by atoms with Gasteiger partial charge in [0.05, 0.1) is 0 Å². The highest BCUT2D eigenvalue weighted by Crippen LogP contribution is 2.24. The van der Waals surface area contributed by atoms with E-state index in [-0.39, 0.29) is 0 Å². The van der Waals surface area contributed by atoms with Crippen LogP contribution < -0.4 is 4.90 Å². The molecule has 1 nitrogen and oxygen atoms in total. The van der Waals surface area contributed by atoms with Crippen LogP contribution in [-0.4, -0.2) is 6.04 Å². The van der Waals surface area contributed by atoms with Crippen molar-refractivity contribution in [2.75, 3.05) is 4.90 Å². The molecule has 0 aliphatic heterocycles. The van der Waals surface area contributed by atoms with Gasteiger partial charge in [0, 0.05) is 17.4 Å². The van der Waals surface area contributed by atoms with Crippen LogP contribution in [0.2, 0.25) is 0 Å². The van der Waals surface area contributed by atoms with Crippen LogP contribution in [0.4, 0.5) is 5.69 Å². The summed E-state index contributed by atoms with van der Waals surface area (Å²) < 4.78 is 0. The lowest BCUT2D eigenvalue weighted by molar-refractivity contribution is 0.507. The van der Waals surface area contributed by atoms with Gasteiger partial charge in [-0.25, -0.2) is 0 Å². The van der Waals surface area contributed by atoms with Gasteiger partial charge in [-0.1, -0.05) is 38.1 Å². The van der Waals surface area contributed by atoms with Crippen LogP contribution in [0.15, 0.2) is 42.1 Å². The molecule has 0 aromatic heterocycles. The van der Waals surface area contributed by atoms with Crippen LogP contribution >= 0.6 is 0 Å². The van der Waals surface area contributed by atoms with Crippen molar-refractivity contribution in [1.82, 2.24) is 0 Å². The lowest BCUT2D eigenvalue weighted by Crippen LogP contribution is -2.35. The fraction of sp³-hybridized carbons (Fsp3) is 0.467. The number of benzene rings is 1. The molecule has 0 aliphatic rings. The highest BCUT2D eigenvalue weighted by Gasteiger charge is 2.18. The van der Waals surface area contributed by atoms with E-state index in [9.17, 15) is 0 Å². The SMILES string of the molecule is C/C=C(/C)N(c1ccccc1)C(C)C(C)C. The van der Waals surface area contributed by atoms with Gasteiger partial charge in [0.1, 0.15) is 0 Å². The van der Waals surface area contributed by atoms with E-state index in [1.807, 2.05) is 0 Å². The van der Waals surface area contributed by atoms with Gasteiger partial charge in [-0.2, -0.15) is 0 Å². The fourth-order valence-corrected chi connectivity index (χ4v) is 1.79. The molecule has 16 heavy (non-hydrogen) atoms. The molecular formula is C15H23N. The molecule has 88 valence electrons. The van der Waals surface area contributed by atoms with Crippen molar-refractivity contribution in [2.45, 2.75) is 40.7 Å². The van der Waals surface area contributed by atoms with E-state index >= 15 is 0 Å². The molecule has 1 aromatic rings. The summed E-state index contributed by atoms with van der Waals surface area (Å²) in [5.41, 5.74) is 2.59. The van der Waals surface area contributed by atoms with E-state index < -0.39 is 0 Å². The second-order valence-corrected chi connectivity index (χ2v) is 4.62. The molecule has 0 spiro atoms. The number of rotatable bonds is 4. The summed E-state index contributed by atoms with van der Waals surface area (Å²) in [4.78, 5) is 2.41. The Hall–Kier alpha value is -1.24. The first-order valence-corrected chi connectivity index (χ1v) is 6.05. The molecule has 0 bridgehead atoms. The summed E-state index contributed by atoms with van der Waals surface area (Å²) in [7, 11) is 0. The Kier molecular flexibility index (Phi) is 4.60. The maximum atomic E-state index is 2.41. The summed E-state index contributed by atoms with van der Waals surface area (Å²) in [5.74, 6) is 0.634. The van der Waals surface area contributed by atoms with Crippen LogP contribution in [0.1, 0.15) is 34.6 Å². The highest BCUT2D eigenvalue weighted by molar-refractivity contribution is 5.52. The van der Waals surface area contributed by atoms with E-state index in [1.165, 1.54) is 11.4 Å². The number of hydrogen-bond acceptors (Lipinski definition) is 1. The molecule has 0 saturated carbocycles. The molecule has 0 N–H and O–H groups in total. The number of hydrogen-bond donors (Lipinski definition) is 0. The molecule has 0 amide bonds. The van der Waals surface area contributed by atoms with Gasteiger partial charge in [0.2, 0.25) is 0 Å². The normalized spacial score (nSPS) is 14.0. The van der Waals surface area contributed by atoms with Crippen molar-refractivity contribution in [2.24, 2.45) is 5.92 Å². The molecule has 1 rings (SSSR count). The Balaban J connectivity index is 3.07. The third kappa shape index (κ3) is 2.88. The zero-order valence-electron chi connectivity index (χ0n) is 11.1. The lowest BCUT2D eigenvalue weighted by Gasteiger charge is -2.34. The molecule has 0 heterocycles. The molecule has 1 unspecified atom stereocenters. The topological polar surface area (TPSA) is 3.24 Å². The average Bonchev–Trinajstić information content (AvgIpc) is 2.30. The Morgan fingerprint density at radius 2 is 1.69 bits per heavy atom. The Morgan fingerprint density at radius 3 is 2.12 bits per heavy atom. The van der Waals surface area contributed by atoms with Crippen molar-refractivity contribution < 1.29 is 0 Å². The maximum absolute atomic E-state index is 2.41. The summed E-state index contributed by atoms with van der Waals surface area (Å²) in [5, 5.41) is 0. The quantitative estimate of drug-likeness (QED) is 0.719. The largest absolute Gasteiger partial charge is 0.343 e. The third-order valence-corrected chi connectivity index (χ3v) is 3.20. The molecule has 0 fully saturated rings. The average molecular weight is 217 g/mol. The zero-order chi connectivity index (χ0) is 12.1. The third-order valence-electron chi connectivity index (χ3n) is 3.20. The fourth-order valence-electron chi connectivity index (χ4n) is 1.79. The van der Waals surface area contributed by atoms with Crippen molar-refractivity contribution in [1.29, 1.82) is 0 Å². The van der Waals surface area contributed by atoms with Crippen LogP contribution in [-0.2, 0) is 0 Å². The summed E-state index contributed by atoms with van der Waals surface area (Å²) >= 11 is 0. The summed E-state index contributed by atoms with van der Waals surface area (Å²) in [6.07, 6.45) is 2.17. The van der Waals surface area contributed by atoms with Crippen molar-refractivity contribution in [3.05, 3.63) is 42.1 Å². The monoisotopic (exact) mass is 217 g/mol. The number of nitrogens with zero attached hydrogens (tertiary/aromatic N) is 1. The first kappa shape index (κ1) is 12.8. The molecule has 0 saturated heterocycles. The molecule has 1 heteroatoms. The van der Waals surface area contributed by atoms with Crippen molar-refractivity contribution in [3.63, 3.8) is 0 Å². The van der Waals surface area contributed by atoms with Crippen LogP contribution in [0, 0.1) is 5.92 Å². The Morgan fingerprint density at radius 1 is 1.12 bits per heavy atom. The number of allylic oxidation sites excluding steroid dienone is 2. The number of anilines is 1. The van der Waals surface area contributed by atoms with E-state index in [1.54, 1.807) is 0 Å². The first-order chi connectivity index (χ1) is 7.57. The first-order valence-electron chi connectivity index (χ1n) is 6.05. The molecule has 0 radical (unpaired) electrons. The van der Waals surface area contributed by atoms with E-state index in [0.717, 1.165) is 0 Å². The second kappa shape index (κ2) is 5.74. The minimum absolute atomic E-state index is 0.513. The predicted octanol–water partition coefficient (Wildman–Crippen LogP) is 4.46. The van der Waals surface area contributed by atoms with E-state index in [2.05, 4.69) is 75.9 Å². The lowest BCUT2D eigenvalue weighted by atomic mass is 10.0. The van der Waals surface area contributed by atoms with Crippen molar-refractivity contribution >= 4 is 5.69 Å².